The molecule has 0 aromatic carbocycles. The zero-order valence-electron chi connectivity index (χ0n) is 20.0. The molecule has 0 bridgehead atoms. The summed E-state index contributed by atoms with van der Waals surface area (Å²) in [6.45, 7) is 4.86. The van der Waals surface area contributed by atoms with Gasteiger partial charge in [0.15, 0.2) is 5.82 Å². The Kier molecular flexibility index (Phi) is 10.7. The SMILES string of the molecule is O=C(O)C(F)(F)F.O=C(O)C(F)(F)F.O=C(c1ccnc(F)c1)N1CCCn2c(CN3CCCC3)nnc2C1. The molecule has 1 fully saturated rings. The van der Waals surface area contributed by atoms with Crippen molar-refractivity contribution in [1.29, 1.82) is 0 Å². The van der Waals surface area contributed by atoms with E-state index < -0.39 is 30.2 Å². The van der Waals surface area contributed by atoms with Crippen molar-refractivity contribution in [3.63, 3.8) is 0 Å². The number of hydrogen-bond acceptors (Lipinski definition) is 7. The molecule has 0 aliphatic carbocycles. The highest BCUT2D eigenvalue weighted by atomic mass is 19.4. The molecule has 0 spiro atoms. The summed E-state index contributed by atoms with van der Waals surface area (Å²) >= 11 is 0. The molecule has 216 valence electrons. The van der Waals surface area contributed by atoms with Crippen molar-refractivity contribution in [2.24, 2.45) is 0 Å². The lowest BCUT2D eigenvalue weighted by Gasteiger charge is -2.19. The number of hydrogen-bond donors (Lipinski definition) is 2. The van der Waals surface area contributed by atoms with Gasteiger partial charge in [0.25, 0.3) is 5.91 Å². The number of halogens is 7. The van der Waals surface area contributed by atoms with Gasteiger partial charge in [0, 0.05) is 30.9 Å². The van der Waals surface area contributed by atoms with Crippen molar-refractivity contribution in [1.82, 2.24) is 29.5 Å². The first-order chi connectivity index (χ1) is 18.1. The molecule has 0 atom stereocenters. The Balaban J connectivity index is 0.000000317. The molecule has 2 aromatic rings. The zero-order chi connectivity index (χ0) is 29.4. The number of aromatic nitrogens is 4. The second-order valence-corrected chi connectivity index (χ2v) is 8.22. The maximum atomic E-state index is 13.3. The van der Waals surface area contributed by atoms with Crippen LogP contribution in [0.15, 0.2) is 18.3 Å². The Morgan fingerprint density at radius 3 is 1.95 bits per heavy atom. The fourth-order valence-electron chi connectivity index (χ4n) is 3.57. The van der Waals surface area contributed by atoms with Gasteiger partial charge in [-0.2, -0.15) is 30.7 Å². The molecular formula is C21H23F7N6O5. The Hall–Kier alpha value is -3.83. The zero-order valence-corrected chi connectivity index (χ0v) is 20.0. The van der Waals surface area contributed by atoms with E-state index in [1.165, 1.54) is 25.1 Å². The summed E-state index contributed by atoms with van der Waals surface area (Å²) in [5, 5.41) is 22.9. The van der Waals surface area contributed by atoms with Crippen LogP contribution in [0.1, 0.15) is 41.3 Å². The quantitative estimate of drug-likeness (QED) is 0.420. The Bertz CT molecular complexity index is 1120. The third kappa shape index (κ3) is 9.77. The minimum Gasteiger partial charge on any atom is -0.475 e. The Labute approximate surface area is 215 Å². The fraction of sp³-hybridized carbons (Fsp3) is 0.524. The third-order valence-electron chi connectivity index (χ3n) is 5.36. The summed E-state index contributed by atoms with van der Waals surface area (Å²) in [5.74, 6) is -4.58. The van der Waals surface area contributed by atoms with Crippen LogP contribution in [-0.2, 0) is 29.2 Å². The first kappa shape index (κ1) is 31.4. The molecule has 18 heteroatoms. The molecule has 4 heterocycles. The van der Waals surface area contributed by atoms with Crippen molar-refractivity contribution < 1.29 is 55.3 Å². The van der Waals surface area contributed by atoms with Crippen molar-refractivity contribution >= 4 is 17.8 Å². The summed E-state index contributed by atoms with van der Waals surface area (Å²) in [5.41, 5.74) is 0.317. The van der Waals surface area contributed by atoms with Crippen LogP contribution in [0.3, 0.4) is 0 Å². The van der Waals surface area contributed by atoms with Gasteiger partial charge < -0.3 is 19.7 Å². The van der Waals surface area contributed by atoms with Crippen molar-refractivity contribution in [2.45, 2.75) is 51.2 Å². The number of rotatable bonds is 3. The van der Waals surface area contributed by atoms with E-state index in [1.54, 1.807) is 11.0 Å². The summed E-state index contributed by atoms with van der Waals surface area (Å²) in [6.07, 6.45) is -5.54. The number of carbonyl (C=O) groups is 3. The molecule has 39 heavy (non-hydrogen) atoms. The van der Waals surface area contributed by atoms with E-state index in [1.807, 2.05) is 0 Å². The van der Waals surface area contributed by atoms with E-state index in [-0.39, 0.29) is 5.91 Å². The van der Waals surface area contributed by atoms with E-state index >= 15 is 0 Å². The molecule has 0 saturated carbocycles. The van der Waals surface area contributed by atoms with Gasteiger partial charge in [-0.3, -0.25) is 9.69 Å². The van der Waals surface area contributed by atoms with Gasteiger partial charge in [-0.25, -0.2) is 14.6 Å². The van der Waals surface area contributed by atoms with E-state index in [4.69, 9.17) is 19.8 Å². The molecule has 1 amide bonds. The molecule has 2 aromatic heterocycles. The molecule has 0 unspecified atom stereocenters. The number of carbonyl (C=O) groups excluding carboxylic acids is 1. The first-order valence-corrected chi connectivity index (χ1v) is 11.2. The number of pyridine rings is 1. The van der Waals surface area contributed by atoms with Crippen molar-refractivity contribution in [3.05, 3.63) is 41.5 Å². The van der Waals surface area contributed by atoms with Gasteiger partial charge in [-0.15, -0.1) is 10.2 Å². The number of fused-ring (bicyclic) bond motifs is 1. The largest absolute Gasteiger partial charge is 0.490 e. The average molecular weight is 572 g/mol. The van der Waals surface area contributed by atoms with Gasteiger partial charge in [-0.1, -0.05) is 0 Å². The number of aliphatic carboxylic acids is 2. The normalized spacial score (nSPS) is 15.7. The summed E-state index contributed by atoms with van der Waals surface area (Å²) in [6, 6.07) is 2.72. The van der Waals surface area contributed by atoms with Gasteiger partial charge in [-0.05, 0) is 38.4 Å². The number of carboxylic acid groups (broad SMARTS) is 2. The first-order valence-electron chi connectivity index (χ1n) is 11.2. The fourth-order valence-corrected chi connectivity index (χ4v) is 3.57. The standard InChI is InChI=1S/C17H21FN6O.2C2HF3O2/c18-14-10-13(4-5-19-14)17(25)23-8-3-9-24-15(20-21-16(24)12-23)11-22-6-1-2-7-22;2*3-2(4,5)1(6)7/h4-5,10H,1-3,6-9,11-12H2;2*(H,6,7). The highest BCUT2D eigenvalue weighted by molar-refractivity contribution is 5.94. The van der Waals surface area contributed by atoms with E-state index in [0.717, 1.165) is 44.2 Å². The Morgan fingerprint density at radius 1 is 0.872 bits per heavy atom. The lowest BCUT2D eigenvalue weighted by atomic mass is 10.2. The molecular weight excluding hydrogens is 549 g/mol. The topological polar surface area (TPSA) is 142 Å². The van der Waals surface area contributed by atoms with Gasteiger partial charge >= 0.3 is 24.3 Å². The van der Waals surface area contributed by atoms with Gasteiger partial charge in [0.05, 0.1) is 13.1 Å². The van der Waals surface area contributed by atoms with Crippen molar-refractivity contribution in [3.8, 4) is 0 Å². The van der Waals surface area contributed by atoms with Crippen LogP contribution in [0, 0.1) is 5.95 Å². The van der Waals surface area contributed by atoms with Gasteiger partial charge in [0.1, 0.15) is 5.82 Å². The Morgan fingerprint density at radius 2 is 1.44 bits per heavy atom. The number of alkyl halides is 6. The molecule has 0 radical (unpaired) electrons. The highest BCUT2D eigenvalue weighted by Crippen LogP contribution is 2.18. The summed E-state index contributed by atoms with van der Waals surface area (Å²) in [4.78, 5) is 38.1. The van der Waals surface area contributed by atoms with Gasteiger partial charge in [0.2, 0.25) is 5.95 Å². The van der Waals surface area contributed by atoms with E-state index in [0.29, 0.717) is 18.7 Å². The van der Waals surface area contributed by atoms with Crippen molar-refractivity contribution in [2.75, 3.05) is 19.6 Å². The predicted octanol–water partition coefficient (Wildman–Crippen LogP) is 2.72. The summed E-state index contributed by atoms with van der Waals surface area (Å²) < 4.78 is 78.9. The van der Waals surface area contributed by atoms with Crippen LogP contribution < -0.4 is 0 Å². The van der Waals surface area contributed by atoms with Crippen LogP contribution in [0.2, 0.25) is 0 Å². The van der Waals surface area contributed by atoms with Crippen LogP contribution in [0.25, 0.3) is 0 Å². The predicted molar refractivity (Wildman–Crippen MR) is 115 cm³/mol. The molecule has 11 nitrogen and oxygen atoms in total. The maximum absolute atomic E-state index is 13.3. The third-order valence-corrected chi connectivity index (χ3v) is 5.36. The molecule has 2 aliphatic rings. The lowest BCUT2D eigenvalue weighted by molar-refractivity contribution is -0.193. The number of amides is 1. The lowest BCUT2D eigenvalue weighted by Crippen LogP contribution is -2.31. The highest BCUT2D eigenvalue weighted by Gasteiger charge is 2.38. The van der Waals surface area contributed by atoms with E-state index in [2.05, 4.69) is 24.6 Å². The van der Waals surface area contributed by atoms with Crippen LogP contribution in [-0.4, -0.2) is 89.6 Å². The second-order valence-electron chi connectivity index (χ2n) is 8.22. The molecule has 2 N–H and O–H groups in total. The molecule has 2 aliphatic heterocycles. The van der Waals surface area contributed by atoms with Crippen LogP contribution in [0.5, 0.6) is 0 Å². The molecule has 4 rings (SSSR count). The minimum atomic E-state index is -5.08. The van der Waals surface area contributed by atoms with Crippen LogP contribution in [0.4, 0.5) is 30.7 Å². The second kappa shape index (κ2) is 13.3. The number of carboxylic acids is 2. The molecule has 1 saturated heterocycles. The monoisotopic (exact) mass is 572 g/mol. The minimum absolute atomic E-state index is 0.196. The smallest absolute Gasteiger partial charge is 0.475 e. The maximum Gasteiger partial charge on any atom is 0.490 e. The summed E-state index contributed by atoms with van der Waals surface area (Å²) in [7, 11) is 0. The number of nitrogens with zero attached hydrogens (tertiary/aromatic N) is 6. The van der Waals surface area contributed by atoms with Crippen LogP contribution >= 0.6 is 0 Å². The average Bonchev–Trinajstić information content (AvgIpc) is 3.43. The number of likely N-dealkylation sites (tertiary alicyclic amines) is 1. The van der Waals surface area contributed by atoms with E-state index in [9.17, 15) is 35.5 Å².